The van der Waals surface area contributed by atoms with Gasteiger partial charge in [-0.25, -0.2) is 0 Å². The summed E-state index contributed by atoms with van der Waals surface area (Å²) in [7, 11) is 0. The predicted molar refractivity (Wildman–Crippen MR) is 97.7 cm³/mol. The van der Waals surface area contributed by atoms with E-state index >= 15 is 0 Å². The Balaban J connectivity index is 1.79. The monoisotopic (exact) mass is 349 g/mol. The van der Waals surface area contributed by atoms with Crippen LogP contribution in [-0.4, -0.2) is 35.8 Å². The first kappa shape index (κ1) is 16.4. The molecule has 2 heterocycles. The zero-order chi connectivity index (χ0) is 18.5. The molecule has 2 aromatic rings. The van der Waals surface area contributed by atoms with Crippen LogP contribution in [0.4, 0.5) is 17.1 Å². The number of β-amino-alcohol motifs (C(OH)–C–C–N with tert-alkyl or cyclic N) is 1. The summed E-state index contributed by atoms with van der Waals surface area (Å²) in [5.74, 6) is 0.342. The Morgan fingerprint density at radius 1 is 1.19 bits per heavy atom. The highest BCUT2D eigenvalue weighted by molar-refractivity contribution is 6.08. The number of nitriles is 1. The van der Waals surface area contributed by atoms with Crippen molar-refractivity contribution < 1.29 is 14.6 Å². The second-order valence-electron chi connectivity index (χ2n) is 7.13. The van der Waals surface area contributed by atoms with Gasteiger partial charge in [0.05, 0.1) is 29.1 Å². The second kappa shape index (κ2) is 5.75. The first-order chi connectivity index (χ1) is 12.4. The van der Waals surface area contributed by atoms with Crippen LogP contribution in [0.1, 0.15) is 19.4 Å². The minimum absolute atomic E-state index is 0.171. The van der Waals surface area contributed by atoms with E-state index in [4.69, 9.17) is 10.00 Å². The SMILES string of the molecule is CC1(C)Oc2cc(C#N)ccc2N(c2cccc(N3CC(O)C3)c2)C1=O. The smallest absolute Gasteiger partial charge is 0.275 e. The number of aliphatic hydroxyl groups is 1. The number of anilines is 3. The van der Waals surface area contributed by atoms with Crippen LogP contribution >= 0.6 is 0 Å². The first-order valence-electron chi connectivity index (χ1n) is 8.50. The van der Waals surface area contributed by atoms with Crippen molar-refractivity contribution in [2.24, 2.45) is 0 Å². The van der Waals surface area contributed by atoms with Crippen molar-refractivity contribution in [2.45, 2.75) is 25.6 Å². The number of fused-ring (bicyclic) bond motifs is 1. The number of benzene rings is 2. The zero-order valence-electron chi connectivity index (χ0n) is 14.6. The molecule has 26 heavy (non-hydrogen) atoms. The van der Waals surface area contributed by atoms with Crippen molar-refractivity contribution in [3.05, 3.63) is 48.0 Å². The number of ether oxygens (including phenoxy) is 1. The van der Waals surface area contributed by atoms with Gasteiger partial charge in [-0.1, -0.05) is 6.07 Å². The standard InChI is InChI=1S/C20H19N3O3/c1-20(2)19(25)23(17-7-6-13(10-21)8-18(17)26-20)15-5-3-4-14(9-15)22-11-16(24)12-22/h3-9,16,24H,11-12H2,1-2H3. The second-order valence-corrected chi connectivity index (χ2v) is 7.13. The number of aliphatic hydroxyl groups excluding tert-OH is 1. The molecule has 2 aromatic carbocycles. The summed E-state index contributed by atoms with van der Waals surface area (Å²) in [6.07, 6.45) is -0.298. The number of carbonyl (C=O) groups excluding carboxylic acids is 1. The summed E-state index contributed by atoms with van der Waals surface area (Å²) in [5.41, 5.74) is 1.76. The van der Waals surface area contributed by atoms with Crippen LogP contribution < -0.4 is 14.5 Å². The van der Waals surface area contributed by atoms with Crippen LogP contribution in [0.5, 0.6) is 5.75 Å². The molecule has 1 fully saturated rings. The lowest BCUT2D eigenvalue weighted by Crippen LogP contribution is -2.51. The topological polar surface area (TPSA) is 76.8 Å². The number of nitrogens with zero attached hydrogens (tertiary/aromatic N) is 3. The molecule has 0 radical (unpaired) electrons. The molecule has 0 aliphatic carbocycles. The lowest BCUT2D eigenvalue weighted by atomic mass is 10.0. The van der Waals surface area contributed by atoms with Crippen LogP contribution in [0.25, 0.3) is 0 Å². The maximum absolute atomic E-state index is 13.1. The third-order valence-corrected chi connectivity index (χ3v) is 4.73. The molecule has 0 spiro atoms. The van der Waals surface area contributed by atoms with Gasteiger partial charge >= 0.3 is 0 Å². The van der Waals surface area contributed by atoms with Gasteiger partial charge in [0.15, 0.2) is 5.60 Å². The maximum atomic E-state index is 13.1. The molecule has 1 saturated heterocycles. The van der Waals surface area contributed by atoms with E-state index in [1.54, 1.807) is 36.9 Å². The van der Waals surface area contributed by atoms with Crippen LogP contribution in [0.3, 0.4) is 0 Å². The lowest BCUT2D eigenvalue weighted by Gasteiger charge is -2.40. The Bertz CT molecular complexity index is 926. The summed E-state index contributed by atoms with van der Waals surface area (Å²) in [5, 5.41) is 18.7. The van der Waals surface area contributed by atoms with E-state index in [9.17, 15) is 9.90 Å². The first-order valence-corrected chi connectivity index (χ1v) is 8.50. The van der Waals surface area contributed by atoms with E-state index < -0.39 is 5.60 Å². The Hall–Kier alpha value is -3.04. The minimum Gasteiger partial charge on any atom is -0.476 e. The highest BCUT2D eigenvalue weighted by atomic mass is 16.5. The third-order valence-electron chi connectivity index (χ3n) is 4.73. The van der Waals surface area contributed by atoms with Crippen LogP contribution in [0.15, 0.2) is 42.5 Å². The lowest BCUT2D eigenvalue weighted by molar-refractivity contribution is -0.131. The van der Waals surface area contributed by atoms with Gasteiger partial charge in [-0.2, -0.15) is 5.26 Å². The summed E-state index contributed by atoms with van der Waals surface area (Å²) >= 11 is 0. The maximum Gasteiger partial charge on any atom is 0.275 e. The fourth-order valence-electron chi connectivity index (χ4n) is 3.30. The van der Waals surface area contributed by atoms with Crippen LogP contribution in [-0.2, 0) is 4.79 Å². The normalized spacial score (nSPS) is 18.6. The highest BCUT2D eigenvalue weighted by Gasteiger charge is 2.42. The Labute approximate surface area is 151 Å². The van der Waals surface area contributed by atoms with Crippen molar-refractivity contribution in [1.29, 1.82) is 5.26 Å². The van der Waals surface area contributed by atoms with E-state index in [0.29, 0.717) is 30.1 Å². The molecule has 0 aromatic heterocycles. The van der Waals surface area contributed by atoms with Gasteiger partial charge < -0.3 is 14.7 Å². The van der Waals surface area contributed by atoms with Crippen LogP contribution in [0.2, 0.25) is 0 Å². The molecule has 0 unspecified atom stereocenters. The Morgan fingerprint density at radius 3 is 2.62 bits per heavy atom. The molecule has 1 N–H and O–H groups in total. The molecule has 0 bridgehead atoms. The molecule has 132 valence electrons. The van der Waals surface area contributed by atoms with E-state index in [0.717, 1.165) is 11.4 Å². The molecule has 0 atom stereocenters. The molecule has 2 aliphatic rings. The molecular formula is C20H19N3O3. The average molecular weight is 349 g/mol. The van der Waals surface area contributed by atoms with Gasteiger partial charge in [-0.15, -0.1) is 0 Å². The Kier molecular flexibility index (Phi) is 3.63. The third kappa shape index (κ3) is 2.57. The number of carbonyl (C=O) groups is 1. The van der Waals surface area contributed by atoms with E-state index in [1.165, 1.54) is 0 Å². The number of rotatable bonds is 2. The fourth-order valence-corrected chi connectivity index (χ4v) is 3.30. The molecular weight excluding hydrogens is 330 g/mol. The summed E-state index contributed by atoms with van der Waals surface area (Å²) < 4.78 is 5.86. The zero-order valence-corrected chi connectivity index (χ0v) is 14.6. The van der Waals surface area contributed by atoms with Gasteiger partial charge in [0, 0.05) is 24.8 Å². The van der Waals surface area contributed by atoms with Gasteiger partial charge in [0.25, 0.3) is 5.91 Å². The van der Waals surface area contributed by atoms with Crippen molar-refractivity contribution in [3.8, 4) is 11.8 Å². The number of hydrogen-bond acceptors (Lipinski definition) is 5. The molecule has 6 nitrogen and oxygen atoms in total. The van der Waals surface area contributed by atoms with Crippen molar-refractivity contribution in [2.75, 3.05) is 22.9 Å². The number of amides is 1. The van der Waals surface area contributed by atoms with Gasteiger partial charge in [0.2, 0.25) is 0 Å². The van der Waals surface area contributed by atoms with Gasteiger partial charge in [-0.3, -0.25) is 9.69 Å². The predicted octanol–water partition coefficient (Wildman–Crippen LogP) is 2.57. The van der Waals surface area contributed by atoms with E-state index in [-0.39, 0.29) is 12.0 Å². The van der Waals surface area contributed by atoms with E-state index in [1.807, 2.05) is 24.3 Å². The van der Waals surface area contributed by atoms with Crippen LogP contribution in [0, 0.1) is 11.3 Å². The Morgan fingerprint density at radius 2 is 1.92 bits per heavy atom. The van der Waals surface area contributed by atoms with Gasteiger partial charge in [0.1, 0.15) is 5.75 Å². The summed E-state index contributed by atoms with van der Waals surface area (Å²) in [6.45, 7) is 4.63. The molecule has 1 amide bonds. The van der Waals surface area contributed by atoms with Crippen molar-refractivity contribution >= 4 is 23.0 Å². The van der Waals surface area contributed by atoms with Crippen molar-refractivity contribution in [1.82, 2.24) is 0 Å². The largest absolute Gasteiger partial charge is 0.476 e. The highest BCUT2D eigenvalue weighted by Crippen LogP contribution is 2.43. The minimum atomic E-state index is -1.04. The number of hydrogen-bond donors (Lipinski definition) is 1. The molecule has 4 rings (SSSR count). The quantitative estimate of drug-likeness (QED) is 0.902. The molecule has 0 saturated carbocycles. The van der Waals surface area contributed by atoms with Gasteiger partial charge in [-0.05, 0) is 44.2 Å². The summed E-state index contributed by atoms with van der Waals surface area (Å²) in [4.78, 5) is 16.8. The van der Waals surface area contributed by atoms with E-state index in [2.05, 4.69) is 11.0 Å². The average Bonchev–Trinajstić information content (AvgIpc) is 2.59. The fraction of sp³-hybridized carbons (Fsp3) is 0.300. The van der Waals surface area contributed by atoms with Crippen molar-refractivity contribution in [3.63, 3.8) is 0 Å². The molecule has 6 heteroatoms. The molecule has 2 aliphatic heterocycles. The summed E-state index contributed by atoms with van der Waals surface area (Å²) in [6, 6.07) is 14.8.